The number of benzene rings is 10. The lowest BCUT2D eigenvalue weighted by molar-refractivity contribution is 1.18. The summed E-state index contributed by atoms with van der Waals surface area (Å²) in [5.74, 6) is 0.705. The van der Waals surface area contributed by atoms with Gasteiger partial charge in [-0.2, -0.15) is 0 Å². The van der Waals surface area contributed by atoms with E-state index in [2.05, 4.69) is 217 Å². The van der Waals surface area contributed by atoms with Gasteiger partial charge in [0.15, 0.2) is 5.82 Å². The maximum atomic E-state index is 5.20. The summed E-state index contributed by atoms with van der Waals surface area (Å²) in [7, 11) is 0. The molecule has 10 aromatic carbocycles. The Morgan fingerprint density at radius 3 is 1.46 bits per heavy atom. The molecule has 0 aliphatic carbocycles. The number of rotatable bonds is 6. The Bertz CT molecular complexity index is 3550. The lowest BCUT2D eigenvalue weighted by Gasteiger charge is -2.16. The molecule has 2 heterocycles. The van der Waals surface area contributed by atoms with Crippen molar-refractivity contribution < 1.29 is 0 Å². The lowest BCUT2D eigenvalue weighted by Crippen LogP contribution is -1.96. The number of hydrogen-bond donors (Lipinski definition) is 0. The summed E-state index contributed by atoms with van der Waals surface area (Å²) in [5.41, 5.74) is 13.2. The van der Waals surface area contributed by atoms with Crippen molar-refractivity contribution in [3.63, 3.8) is 0 Å². The van der Waals surface area contributed by atoms with Gasteiger partial charge in [0.2, 0.25) is 0 Å². The van der Waals surface area contributed by atoms with Crippen LogP contribution in [0.1, 0.15) is 0 Å². The summed E-state index contributed by atoms with van der Waals surface area (Å²) in [5, 5.41) is 9.77. The van der Waals surface area contributed by atoms with Gasteiger partial charge in [-0.05, 0) is 97.0 Å². The third-order valence-electron chi connectivity index (χ3n) is 12.2. The fourth-order valence-electron chi connectivity index (χ4n) is 9.33. The van der Waals surface area contributed by atoms with Crippen LogP contribution in [0.15, 0.2) is 224 Å². The van der Waals surface area contributed by atoms with Crippen molar-refractivity contribution in [3.8, 4) is 61.8 Å². The molecule has 0 amide bonds. The fraction of sp³-hybridized carbons (Fsp3) is 0. The normalized spacial score (nSPS) is 11.6. The smallest absolute Gasteiger partial charge is 0.160 e. The van der Waals surface area contributed by atoms with E-state index in [9.17, 15) is 0 Å². The van der Waals surface area contributed by atoms with Crippen molar-refractivity contribution in [2.75, 3.05) is 0 Å². The van der Waals surface area contributed by atoms with E-state index >= 15 is 0 Å². The van der Waals surface area contributed by atoms with Crippen LogP contribution in [0.25, 0.3) is 116 Å². The number of para-hydroxylation sites is 1. The minimum absolute atomic E-state index is 0.705. The van der Waals surface area contributed by atoms with Crippen molar-refractivity contribution in [1.29, 1.82) is 0 Å². The maximum Gasteiger partial charge on any atom is 0.160 e. The van der Waals surface area contributed by atoms with Crippen molar-refractivity contribution in [1.82, 2.24) is 14.5 Å². The Hall–Kier alpha value is -8.14. The molecule has 3 heteroatoms. The Kier molecular flexibility index (Phi) is 8.17. The molecule has 0 radical (unpaired) electrons. The molecule has 0 saturated carbocycles. The lowest BCUT2D eigenvalue weighted by atomic mass is 9.88. The quantitative estimate of drug-likeness (QED) is 0.158. The molecule has 284 valence electrons. The van der Waals surface area contributed by atoms with Crippen molar-refractivity contribution in [2.24, 2.45) is 0 Å². The molecule has 12 rings (SSSR count). The van der Waals surface area contributed by atoms with Crippen LogP contribution in [0.4, 0.5) is 0 Å². The molecular weight excluding hydrogens is 739 g/mol. The Balaban J connectivity index is 1.04. The summed E-state index contributed by atoms with van der Waals surface area (Å²) in [4.78, 5) is 10.4. The summed E-state index contributed by atoms with van der Waals surface area (Å²) in [6.07, 6.45) is 0. The summed E-state index contributed by atoms with van der Waals surface area (Å²) < 4.78 is 2.40. The van der Waals surface area contributed by atoms with E-state index in [0.717, 1.165) is 33.8 Å². The van der Waals surface area contributed by atoms with E-state index in [0.29, 0.717) is 5.82 Å². The van der Waals surface area contributed by atoms with Gasteiger partial charge in [-0.25, -0.2) is 9.97 Å². The molecule has 0 N–H and O–H groups in total. The number of aromatic nitrogens is 3. The minimum Gasteiger partial charge on any atom is -0.309 e. The van der Waals surface area contributed by atoms with Gasteiger partial charge in [-0.3, -0.25) is 0 Å². The highest BCUT2D eigenvalue weighted by Gasteiger charge is 2.18. The Morgan fingerprint density at radius 2 is 0.770 bits per heavy atom. The largest absolute Gasteiger partial charge is 0.309 e. The van der Waals surface area contributed by atoms with Crippen LogP contribution < -0.4 is 0 Å². The van der Waals surface area contributed by atoms with Gasteiger partial charge >= 0.3 is 0 Å². The van der Waals surface area contributed by atoms with E-state index in [1.165, 1.54) is 76.4 Å². The Morgan fingerprint density at radius 1 is 0.279 bits per heavy atom. The van der Waals surface area contributed by atoms with Crippen molar-refractivity contribution >= 4 is 54.1 Å². The first-order valence-corrected chi connectivity index (χ1v) is 20.8. The third-order valence-corrected chi connectivity index (χ3v) is 12.2. The highest BCUT2D eigenvalue weighted by atomic mass is 15.0. The predicted octanol–water partition coefficient (Wildman–Crippen LogP) is 15.4. The molecule has 0 atom stereocenters. The SMILES string of the molecule is c1ccc(-c2ccc(-n3c4ccccc4c4cc(-c5cccc6c7ccccc7c7cc(-c8nc(-c9ccccc9)cc(-c9ccccc9)n8)ccc7c56)ccc43)cc2)cc1. The van der Waals surface area contributed by atoms with Crippen molar-refractivity contribution in [2.45, 2.75) is 0 Å². The molecule has 0 aliphatic heterocycles. The average Bonchev–Trinajstić information content (AvgIpc) is 3.68. The van der Waals surface area contributed by atoms with Crippen LogP contribution in [-0.4, -0.2) is 14.5 Å². The Labute approximate surface area is 353 Å². The van der Waals surface area contributed by atoms with Crippen LogP contribution in [-0.2, 0) is 0 Å². The summed E-state index contributed by atoms with van der Waals surface area (Å²) >= 11 is 0. The van der Waals surface area contributed by atoms with Crippen LogP contribution in [0.5, 0.6) is 0 Å². The molecule has 12 aromatic rings. The first kappa shape index (κ1) is 34.9. The zero-order chi connectivity index (χ0) is 40.3. The van der Waals surface area contributed by atoms with Gasteiger partial charge in [0.1, 0.15) is 0 Å². The van der Waals surface area contributed by atoms with Crippen LogP contribution in [0.3, 0.4) is 0 Å². The molecule has 0 unspecified atom stereocenters. The molecule has 0 aliphatic rings. The fourth-order valence-corrected chi connectivity index (χ4v) is 9.33. The van der Waals surface area contributed by atoms with Gasteiger partial charge in [-0.1, -0.05) is 182 Å². The minimum atomic E-state index is 0.705. The molecule has 61 heavy (non-hydrogen) atoms. The van der Waals surface area contributed by atoms with E-state index in [1.54, 1.807) is 0 Å². The molecule has 0 fully saturated rings. The number of nitrogens with zero attached hydrogens (tertiary/aromatic N) is 3. The van der Waals surface area contributed by atoms with Gasteiger partial charge < -0.3 is 4.57 Å². The third kappa shape index (κ3) is 5.90. The summed E-state index contributed by atoms with van der Waals surface area (Å²) in [6, 6.07) is 80.5. The van der Waals surface area contributed by atoms with Crippen LogP contribution in [0, 0.1) is 0 Å². The van der Waals surface area contributed by atoms with Gasteiger partial charge in [-0.15, -0.1) is 0 Å². The second kappa shape index (κ2) is 14.3. The van der Waals surface area contributed by atoms with Gasteiger partial charge in [0.05, 0.1) is 22.4 Å². The zero-order valence-corrected chi connectivity index (χ0v) is 33.2. The summed E-state index contributed by atoms with van der Waals surface area (Å²) in [6.45, 7) is 0. The van der Waals surface area contributed by atoms with E-state index in [-0.39, 0.29) is 0 Å². The first-order chi connectivity index (χ1) is 30.2. The second-order valence-electron chi connectivity index (χ2n) is 15.7. The van der Waals surface area contributed by atoms with Crippen LogP contribution >= 0.6 is 0 Å². The monoisotopic (exact) mass is 775 g/mol. The van der Waals surface area contributed by atoms with Crippen molar-refractivity contribution in [3.05, 3.63) is 224 Å². The second-order valence-corrected chi connectivity index (χ2v) is 15.7. The molecule has 0 bridgehead atoms. The highest BCUT2D eigenvalue weighted by molar-refractivity contribution is 6.29. The number of fused-ring (bicyclic) bond motifs is 9. The highest BCUT2D eigenvalue weighted by Crippen LogP contribution is 2.43. The molecule has 0 spiro atoms. The maximum absolute atomic E-state index is 5.20. The van der Waals surface area contributed by atoms with E-state index in [4.69, 9.17) is 9.97 Å². The zero-order valence-electron chi connectivity index (χ0n) is 33.2. The topological polar surface area (TPSA) is 30.7 Å². The van der Waals surface area contributed by atoms with E-state index in [1.807, 2.05) is 12.1 Å². The first-order valence-electron chi connectivity index (χ1n) is 20.8. The molecule has 2 aromatic heterocycles. The predicted molar refractivity (Wildman–Crippen MR) is 256 cm³/mol. The molecular formula is C58H37N3. The van der Waals surface area contributed by atoms with Gasteiger partial charge in [0.25, 0.3) is 0 Å². The average molecular weight is 776 g/mol. The van der Waals surface area contributed by atoms with Gasteiger partial charge in [0, 0.05) is 33.2 Å². The standard InChI is InChI=1S/C58H37N3/c1-4-15-38(16-5-1)39-27-31-44(32-28-39)61-55-26-13-12-23-48(55)52-35-42(30-34-56(52)61)45-24-14-25-49-46-21-10-11-22-47(46)51-36-43(29-33-50(51)57(45)49)58-59-53(40-17-6-2-7-18-40)37-54(60-58)41-19-8-3-9-20-41/h1-37H. The molecule has 3 nitrogen and oxygen atoms in total. The van der Waals surface area contributed by atoms with Crippen LogP contribution in [0.2, 0.25) is 0 Å². The van der Waals surface area contributed by atoms with E-state index < -0.39 is 0 Å². The number of hydrogen-bond acceptors (Lipinski definition) is 2. The molecule has 0 saturated heterocycles.